The summed E-state index contributed by atoms with van der Waals surface area (Å²) in [6.45, 7) is 5.28. The minimum atomic E-state index is 0.323. The summed E-state index contributed by atoms with van der Waals surface area (Å²) in [6.07, 6.45) is 5.89. The molecule has 0 aliphatic heterocycles. The number of aryl methyl sites for hydroxylation is 2. The van der Waals surface area contributed by atoms with Crippen molar-refractivity contribution in [3.63, 3.8) is 0 Å². The number of nitrogens with zero attached hydrogens (tertiary/aromatic N) is 3. The van der Waals surface area contributed by atoms with Gasteiger partial charge in [0.25, 0.3) is 0 Å². The molecule has 0 aromatic carbocycles. The molecular formula is C13H20N4S. The summed E-state index contributed by atoms with van der Waals surface area (Å²) in [6, 6.07) is 2.38. The molecule has 2 aromatic rings. The van der Waals surface area contributed by atoms with Crippen molar-refractivity contribution in [1.82, 2.24) is 20.1 Å². The van der Waals surface area contributed by atoms with Gasteiger partial charge in [-0.2, -0.15) is 5.10 Å². The average molecular weight is 264 g/mol. The Kier molecular flexibility index (Phi) is 4.49. The molecule has 0 bridgehead atoms. The summed E-state index contributed by atoms with van der Waals surface area (Å²) in [5.74, 6) is 0. The number of aromatic nitrogens is 3. The maximum Gasteiger partial charge on any atom is 0.109 e. The fourth-order valence-corrected chi connectivity index (χ4v) is 2.72. The molecule has 2 heterocycles. The largest absolute Gasteiger partial charge is 0.308 e. The van der Waals surface area contributed by atoms with Crippen LogP contribution in [0.25, 0.3) is 0 Å². The maximum atomic E-state index is 4.46. The van der Waals surface area contributed by atoms with Crippen molar-refractivity contribution in [2.24, 2.45) is 7.05 Å². The minimum Gasteiger partial charge on any atom is -0.308 e. The number of hydrogen-bond donors (Lipinski definition) is 1. The zero-order chi connectivity index (χ0) is 13.0. The first kappa shape index (κ1) is 13.2. The van der Waals surface area contributed by atoms with Crippen LogP contribution in [0.15, 0.2) is 18.5 Å². The molecule has 0 fully saturated rings. The van der Waals surface area contributed by atoms with Gasteiger partial charge in [0.2, 0.25) is 0 Å². The lowest BCUT2D eigenvalue weighted by Crippen LogP contribution is -2.22. The van der Waals surface area contributed by atoms with Crippen LogP contribution in [-0.2, 0) is 19.9 Å². The fourth-order valence-electron chi connectivity index (χ4n) is 1.84. The van der Waals surface area contributed by atoms with Gasteiger partial charge < -0.3 is 5.32 Å². The number of nitrogens with one attached hydrogen (secondary N) is 1. The summed E-state index contributed by atoms with van der Waals surface area (Å²) in [5.41, 5.74) is 1.25. The van der Waals surface area contributed by atoms with E-state index in [1.807, 2.05) is 24.1 Å². The van der Waals surface area contributed by atoms with Crippen LogP contribution in [0.1, 0.15) is 35.5 Å². The molecule has 0 amide bonds. The first-order valence-electron chi connectivity index (χ1n) is 6.35. The van der Waals surface area contributed by atoms with Crippen LogP contribution >= 0.6 is 11.3 Å². The molecule has 1 unspecified atom stereocenters. The van der Waals surface area contributed by atoms with Crippen molar-refractivity contribution in [2.45, 2.75) is 32.7 Å². The van der Waals surface area contributed by atoms with Crippen LogP contribution in [0, 0.1) is 0 Å². The maximum absolute atomic E-state index is 4.46. The average Bonchev–Trinajstić information content (AvgIpc) is 2.98. The van der Waals surface area contributed by atoms with Crippen LogP contribution in [0.3, 0.4) is 0 Å². The van der Waals surface area contributed by atoms with Crippen LogP contribution in [0.4, 0.5) is 0 Å². The molecule has 5 heteroatoms. The number of hydrogen-bond acceptors (Lipinski definition) is 4. The summed E-state index contributed by atoms with van der Waals surface area (Å²) >= 11 is 1.80. The van der Waals surface area contributed by atoms with Gasteiger partial charge in [0.05, 0.1) is 6.04 Å². The zero-order valence-corrected chi connectivity index (χ0v) is 12.0. The van der Waals surface area contributed by atoms with Gasteiger partial charge in [-0.15, -0.1) is 11.3 Å². The molecule has 98 valence electrons. The van der Waals surface area contributed by atoms with Gasteiger partial charge in [0.1, 0.15) is 5.01 Å². The molecule has 0 radical (unpaired) electrons. The molecule has 4 nitrogen and oxygen atoms in total. The van der Waals surface area contributed by atoms with Crippen LogP contribution in [0.2, 0.25) is 0 Å². The molecule has 0 aliphatic carbocycles. The van der Waals surface area contributed by atoms with Crippen molar-refractivity contribution < 1.29 is 0 Å². The van der Waals surface area contributed by atoms with Crippen molar-refractivity contribution in [3.05, 3.63) is 34.0 Å². The van der Waals surface area contributed by atoms with E-state index in [-0.39, 0.29) is 0 Å². The van der Waals surface area contributed by atoms with Crippen molar-refractivity contribution in [1.29, 1.82) is 0 Å². The third kappa shape index (κ3) is 3.17. The molecule has 0 saturated carbocycles. The lowest BCUT2D eigenvalue weighted by Gasteiger charge is -2.10. The van der Waals surface area contributed by atoms with Crippen LogP contribution in [0.5, 0.6) is 0 Å². The topological polar surface area (TPSA) is 42.7 Å². The lowest BCUT2D eigenvalue weighted by molar-refractivity contribution is 0.562. The second kappa shape index (κ2) is 6.11. The van der Waals surface area contributed by atoms with Crippen LogP contribution < -0.4 is 5.32 Å². The Labute approximate surface area is 112 Å². The van der Waals surface area contributed by atoms with E-state index in [0.29, 0.717) is 6.04 Å². The van der Waals surface area contributed by atoms with Gasteiger partial charge in [-0.25, -0.2) is 4.98 Å². The lowest BCUT2D eigenvalue weighted by atomic mass is 10.3. The van der Waals surface area contributed by atoms with Gasteiger partial charge in [0.15, 0.2) is 0 Å². The highest BCUT2D eigenvalue weighted by Gasteiger charge is 2.09. The van der Waals surface area contributed by atoms with Gasteiger partial charge in [-0.1, -0.05) is 6.92 Å². The van der Waals surface area contributed by atoms with E-state index >= 15 is 0 Å². The summed E-state index contributed by atoms with van der Waals surface area (Å²) in [4.78, 5) is 5.81. The highest BCUT2D eigenvalue weighted by atomic mass is 32.1. The van der Waals surface area contributed by atoms with E-state index in [1.165, 1.54) is 15.6 Å². The normalized spacial score (nSPS) is 12.8. The molecule has 0 spiro atoms. The van der Waals surface area contributed by atoms with Crippen molar-refractivity contribution in [3.8, 4) is 0 Å². The van der Waals surface area contributed by atoms with Crippen molar-refractivity contribution in [2.75, 3.05) is 6.54 Å². The van der Waals surface area contributed by atoms with E-state index in [2.05, 4.69) is 35.3 Å². The molecule has 1 N–H and O–H groups in total. The summed E-state index contributed by atoms with van der Waals surface area (Å²) in [7, 11) is 1.98. The zero-order valence-electron chi connectivity index (χ0n) is 11.2. The molecule has 2 rings (SSSR count). The Morgan fingerprint density at radius 3 is 2.94 bits per heavy atom. The number of rotatable bonds is 6. The van der Waals surface area contributed by atoms with E-state index in [9.17, 15) is 0 Å². The van der Waals surface area contributed by atoms with Gasteiger partial charge in [0, 0.05) is 43.0 Å². The summed E-state index contributed by atoms with van der Waals surface area (Å²) in [5, 5.41) is 8.85. The van der Waals surface area contributed by atoms with Gasteiger partial charge in [-0.3, -0.25) is 4.68 Å². The Morgan fingerprint density at radius 1 is 1.50 bits per heavy atom. The molecule has 2 aromatic heterocycles. The van der Waals surface area contributed by atoms with Crippen LogP contribution in [-0.4, -0.2) is 21.3 Å². The molecule has 0 saturated heterocycles. The summed E-state index contributed by atoms with van der Waals surface area (Å²) < 4.78 is 1.92. The van der Waals surface area contributed by atoms with Crippen molar-refractivity contribution >= 4 is 11.3 Å². The van der Waals surface area contributed by atoms with E-state index in [4.69, 9.17) is 0 Å². The highest BCUT2D eigenvalue weighted by molar-refractivity contribution is 7.11. The fraction of sp³-hybridized carbons (Fsp3) is 0.538. The Morgan fingerprint density at radius 2 is 2.33 bits per heavy atom. The first-order chi connectivity index (χ1) is 8.70. The second-order valence-corrected chi connectivity index (χ2v) is 5.54. The molecule has 18 heavy (non-hydrogen) atoms. The Balaban J connectivity index is 1.81. The van der Waals surface area contributed by atoms with Gasteiger partial charge >= 0.3 is 0 Å². The minimum absolute atomic E-state index is 0.323. The third-order valence-electron chi connectivity index (χ3n) is 3.04. The number of thiazole rings is 1. The SMILES string of the molecule is CCc1cnc(C(C)NCCc2ccnn2C)s1. The predicted octanol–water partition coefficient (Wildman–Crippen LogP) is 2.33. The standard InChI is InChI=1S/C13H20N4S/c1-4-12-9-15-13(18-12)10(2)14-7-5-11-6-8-16-17(11)3/h6,8-10,14H,4-5,7H2,1-3H3. The molecular weight excluding hydrogens is 244 g/mol. The van der Waals surface area contributed by atoms with E-state index in [1.54, 1.807) is 11.3 Å². The monoisotopic (exact) mass is 264 g/mol. The molecule has 1 atom stereocenters. The Hall–Kier alpha value is -1.20. The van der Waals surface area contributed by atoms with E-state index < -0.39 is 0 Å². The third-order valence-corrected chi connectivity index (χ3v) is 4.37. The quantitative estimate of drug-likeness (QED) is 0.871. The smallest absolute Gasteiger partial charge is 0.109 e. The molecule has 0 aliphatic rings. The van der Waals surface area contributed by atoms with Gasteiger partial charge in [-0.05, 0) is 19.4 Å². The second-order valence-electron chi connectivity index (χ2n) is 4.39. The predicted molar refractivity (Wildman–Crippen MR) is 74.8 cm³/mol. The highest BCUT2D eigenvalue weighted by Crippen LogP contribution is 2.20. The Bertz CT molecular complexity index is 489. The first-order valence-corrected chi connectivity index (χ1v) is 7.17. The van der Waals surface area contributed by atoms with E-state index in [0.717, 1.165) is 19.4 Å².